The molecule has 0 aliphatic carbocycles. The van der Waals surface area contributed by atoms with Crippen LogP contribution in [0.5, 0.6) is 11.5 Å². The number of hydrogen-bond donors (Lipinski definition) is 2. The van der Waals surface area contributed by atoms with Crippen molar-refractivity contribution in [1.82, 2.24) is 5.32 Å². The Bertz CT molecular complexity index is 1450. The number of hydrogen-bond acceptors (Lipinski definition) is 7. The largest absolute Gasteiger partial charge is 0.497 e. The molecular formula is C23H21NO7S2. The fraction of sp³-hybridized carbons (Fsp3) is 0.130. The third kappa shape index (κ3) is 4.93. The van der Waals surface area contributed by atoms with Gasteiger partial charge in [-0.05, 0) is 41.0 Å². The van der Waals surface area contributed by atoms with Crippen molar-refractivity contribution in [1.29, 1.82) is 0 Å². The number of methoxy groups -OCH3 is 1. The van der Waals surface area contributed by atoms with Crippen molar-refractivity contribution in [2.75, 3.05) is 7.11 Å². The summed E-state index contributed by atoms with van der Waals surface area (Å²) in [5.74, 6) is 0.515. The number of nitrogens with one attached hydrogen (secondary N) is 1. The molecule has 3 aromatic rings. The van der Waals surface area contributed by atoms with Gasteiger partial charge in [-0.2, -0.15) is 16.8 Å². The second-order valence-electron chi connectivity index (χ2n) is 7.28. The van der Waals surface area contributed by atoms with Crippen LogP contribution in [-0.4, -0.2) is 28.5 Å². The van der Waals surface area contributed by atoms with E-state index >= 15 is 0 Å². The molecule has 0 radical (unpaired) electrons. The molecule has 0 spiro atoms. The minimum atomic E-state index is -4.54. The molecule has 1 heterocycles. The molecule has 0 saturated carbocycles. The van der Waals surface area contributed by atoms with Crippen molar-refractivity contribution in [2.24, 2.45) is 0 Å². The van der Waals surface area contributed by atoms with Crippen LogP contribution in [0.1, 0.15) is 22.3 Å². The van der Waals surface area contributed by atoms with E-state index in [4.69, 9.17) is 8.92 Å². The molecule has 0 aromatic heterocycles. The highest BCUT2D eigenvalue weighted by Crippen LogP contribution is 2.30. The van der Waals surface area contributed by atoms with Crippen LogP contribution in [0.3, 0.4) is 0 Å². The van der Waals surface area contributed by atoms with E-state index in [-0.39, 0.29) is 26.9 Å². The van der Waals surface area contributed by atoms with Crippen LogP contribution < -0.4 is 14.2 Å². The molecule has 0 amide bonds. The van der Waals surface area contributed by atoms with Crippen LogP contribution in [-0.2, 0) is 33.3 Å². The summed E-state index contributed by atoms with van der Waals surface area (Å²) in [6.07, 6.45) is 2.85. The smallest absolute Gasteiger partial charge is 0.339 e. The van der Waals surface area contributed by atoms with Gasteiger partial charge in [0, 0.05) is 24.7 Å². The quantitative estimate of drug-likeness (QED) is 0.295. The summed E-state index contributed by atoms with van der Waals surface area (Å²) in [6, 6.07) is 15.6. The SMILES string of the molecule is COc1ccc(C=Cc2ccccc2S(=O)(=O)Oc2cccc3c2CNC3)c(S(=O)(=O)O)c1. The van der Waals surface area contributed by atoms with E-state index in [9.17, 15) is 21.4 Å². The van der Waals surface area contributed by atoms with Gasteiger partial charge in [-0.1, -0.05) is 42.5 Å². The Labute approximate surface area is 192 Å². The molecule has 33 heavy (non-hydrogen) atoms. The fourth-order valence-corrected chi connectivity index (χ4v) is 5.42. The van der Waals surface area contributed by atoms with Gasteiger partial charge in [0.2, 0.25) is 0 Å². The zero-order chi connectivity index (χ0) is 23.6. The van der Waals surface area contributed by atoms with Crippen molar-refractivity contribution < 1.29 is 30.3 Å². The summed E-state index contributed by atoms with van der Waals surface area (Å²) in [4.78, 5) is -0.436. The summed E-state index contributed by atoms with van der Waals surface area (Å²) in [5, 5.41) is 3.16. The second-order valence-corrected chi connectivity index (χ2v) is 10.2. The third-order valence-corrected chi connectivity index (χ3v) is 7.40. The maximum atomic E-state index is 13.1. The summed E-state index contributed by atoms with van der Waals surface area (Å²) in [6.45, 7) is 1.16. The molecule has 172 valence electrons. The fourth-order valence-electron chi connectivity index (χ4n) is 3.57. The van der Waals surface area contributed by atoms with Crippen molar-refractivity contribution in [3.63, 3.8) is 0 Å². The van der Waals surface area contributed by atoms with Gasteiger partial charge in [0.05, 0.1) is 7.11 Å². The molecule has 2 N–H and O–H groups in total. The van der Waals surface area contributed by atoms with Gasteiger partial charge in [-0.25, -0.2) is 0 Å². The average molecular weight is 488 g/mol. The van der Waals surface area contributed by atoms with E-state index in [0.717, 1.165) is 11.1 Å². The molecule has 0 bridgehead atoms. The highest BCUT2D eigenvalue weighted by Gasteiger charge is 2.24. The first kappa shape index (κ1) is 23.0. The predicted octanol–water partition coefficient (Wildman–Crippen LogP) is 3.48. The van der Waals surface area contributed by atoms with Crippen molar-refractivity contribution >= 4 is 32.4 Å². The Balaban J connectivity index is 1.71. The van der Waals surface area contributed by atoms with E-state index in [1.165, 1.54) is 43.5 Å². The third-order valence-electron chi connectivity index (χ3n) is 5.18. The first-order valence-corrected chi connectivity index (χ1v) is 12.7. The molecule has 0 saturated heterocycles. The minimum Gasteiger partial charge on any atom is -0.497 e. The molecule has 3 aromatic carbocycles. The lowest BCUT2D eigenvalue weighted by Crippen LogP contribution is -2.12. The predicted molar refractivity (Wildman–Crippen MR) is 123 cm³/mol. The number of benzene rings is 3. The van der Waals surface area contributed by atoms with Gasteiger partial charge in [0.25, 0.3) is 10.1 Å². The van der Waals surface area contributed by atoms with Gasteiger partial charge in [-0.3, -0.25) is 4.55 Å². The van der Waals surface area contributed by atoms with Gasteiger partial charge >= 0.3 is 10.1 Å². The van der Waals surface area contributed by atoms with Crippen LogP contribution in [0.4, 0.5) is 0 Å². The number of ether oxygens (including phenoxy) is 1. The molecule has 1 aliphatic rings. The van der Waals surface area contributed by atoms with Crippen LogP contribution >= 0.6 is 0 Å². The van der Waals surface area contributed by atoms with Gasteiger partial charge in [-0.15, -0.1) is 0 Å². The first-order chi connectivity index (χ1) is 15.7. The van der Waals surface area contributed by atoms with E-state index in [0.29, 0.717) is 18.7 Å². The molecule has 1 aliphatic heterocycles. The average Bonchev–Trinajstić information content (AvgIpc) is 3.27. The minimum absolute atomic E-state index is 0.0771. The first-order valence-electron chi connectivity index (χ1n) is 9.87. The molecular weight excluding hydrogens is 466 g/mol. The van der Waals surface area contributed by atoms with E-state index in [1.807, 2.05) is 6.07 Å². The molecule has 0 atom stereocenters. The number of fused-ring (bicyclic) bond motifs is 1. The van der Waals surface area contributed by atoms with Crippen molar-refractivity contribution in [3.05, 3.63) is 82.9 Å². The highest BCUT2D eigenvalue weighted by molar-refractivity contribution is 7.87. The summed E-state index contributed by atoms with van der Waals surface area (Å²) < 4.78 is 69.9. The van der Waals surface area contributed by atoms with Crippen molar-refractivity contribution in [3.8, 4) is 11.5 Å². The number of rotatable bonds is 7. The topological polar surface area (TPSA) is 119 Å². The molecule has 0 unspecified atom stereocenters. The maximum absolute atomic E-state index is 13.1. The van der Waals surface area contributed by atoms with Crippen LogP contribution in [0.25, 0.3) is 12.2 Å². The Hall–Kier alpha value is -3.18. The summed E-state index contributed by atoms with van der Waals surface area (Å²) in [5.41, 5.74) is 2.23. The lowest BCUT2D eigenvalue weighted by Gasteiger charge is -2.12. The van der Waals surface area contributed by atoms with E-state index in [2.05, 4.69) is 5.32 Å². The van der Waals surface area contributed by atoms with Gasteiger partial charge in [0.1, 0.15) is 21.3 Å². The Kier molecular flexibility index (Phi) is 6.26. The Morgan fingerprint density at radius 2 is 1.61 bits per heavy atom. The van der Waals surface area contributed by atoms with Crippen molar-refractivity contribution in [2.45, 2.75) is 22.9 Å². The molecule has 8 nitrogen and oxygen atoms in total. The van der Waals surface area contributed by atoms with Crippen LogP contribution in [0.15, 0.2) is 70.5 Å². The molecule has 0 fully saturated rings. The summed E-state index contributed by atoms with van der Waals surface area (Å²) in [7, 11) is -7.35. The second kappa shape index (κ2) is 8.99. The lowest BCUT2D eigenvalue weighted by atomic mass is 10.1. The van der Waals surface area contributed by atoms with Gasteiger partial charge < -0.3 is 14.2 Å². The molecule has 4 rings (SSSR count). The zero-order valence-electron chi connectivity index (χ0n) is 17.6. The molecule has 10 heteroatoms. The normalized spacial score (nSPS) is 13.8. The van der Waals surface area contributed by atoms with Crippen LogP contribution in [0.2, 0.25) is 0 Å². The highest BCUT2D eigenvalue weighted by atomic mass is 32.2. The van der Waals surface area contributed by atoms with E-state index in [1.54, 1.807) is 30.3 Å². The Morgan fingerprint density at radius 3 is 2.33 bits per heavy atom. The zero-order valence-corrected chi connectivity index (χ0v) is 19.2. The van der Waals surface area contributed by atoms with Gasteiger partial charge in [0.15, 0.2) is 0 Å². The van der Waals surface area contributed by atoms with E-state index < -0.39 is 20.2 Å². The maximum Gasteiger partial charge on any atom is 0.339 e. The summed E-state index contributed by atoms with van der Waals surface area (Å²) >= 11 is 0. The Morgan fingerprint density at radius 1 is 0.879 bits per heavy atom. The monoisotopic (exact) mass is 487 g/mol. The standard InChI is InChI=1S/C23H21NO7S2/c1-30-19-12-11-17(23(13-19)32(25,26)27)10-9-16-5-2-3-8-22(16)33(28,29)31-21-7-4-6-18-14-24-15-20(18)21/h2-13,24H,14-15H2,1H3,(H,25,26,27). The lowest BCUT2D eigenvalue weighted by molar-refractivity contribution is 0.412. The van der Waals surface area contributed by atoms with Crippen LogP contribution in [0, 0.1) is 0 Å².